The van der Waals surface area contributed by atoms with E-state index in [1.165, 1.54) is 6.92 Å². The van der Waals surface area contributed by atoms with E-state index in [2.05, 4.69) is 26.2 Å². The van der Waals surface area contributed by atoms with Crippen LogP contribution in [-0.4, -0.2) is 22.5 Å². The van der Waals surface area contributed by atoms with Crippen molar-refractivity contribution < 1.29 is 14.3 Å². The van der Waals surface area contributed by atoms with Gasteiger partial charge in [0.15, 0.2) is 5.78 Å². The molecule has 1 N–H and O–H groups in total. The van der Waals surface area contributed by atoms with Gasteiger partial charge in [0.1, 0.15) is 15.9 Å². The topological polar surface area (TPSA) is 68.3 Å². The van der Waals surface area contributed by atoms with Crippen molar-refractivity contribution in [1.82, 2.24) is 10.3 Å². The van der Waals surface area contributed by atoms with Crippen LogP contribution in [0.3, 0.4) is 0 Å². The molecular weight excluding hydrogens is 312 g/mol. The van der Waals surface area contributed by atoms with Gasteiger partial charge >= 0.3 is 6.09 Å². The molecule has 19 heavy (non-hydrogen) atoms. The molecule has 1 heterocycles. The first kappa shape index (κ1) is 15.6. The third-order valence-corrected chi connectivity index (χ3v) is 2.46. The van der Waals surface area contributed by atoms with E-state index in [0.29, 0.717) is 10.3 Å². The quantitative estimate of drug-likeness (QED) is 0.683. The molecule has 0 aliphatic carbocycles. The number of carbonyl (C=O) groups excluding carboxylic acids is 2. The Labute approximate surface area is 120 Å². The Balaban J connectivity index is 2.68. The van der Waals surface area contributed by atoms with Crippen molar-refractivity contribution in [3.05, 3.63) is 28.0 Å². The van der Waals surface area contributed by atoms with Crippen molar-refractivity contribution in [2.75, 3.05) is 0 Å². The van der Waals surface area contributed by atoms with Crippen LogP contribution in [0.4, 0.5) is 4.79 Å². The predicted octanol–water partition coefficient (Wildman–Crippen LogP) is 3.07. The number of hydrogen-bond acceptors (Lipinski definition) is 4. The zero-order chi connectivity index (χ0) is 14.6. The Morgan fingerprint density at radius 2 is 2.00 bits per heavy atom. The summed E-state index contributed by atoms with van der Waals surface area (Å²) in [6.45, 7) is 7.10. The number of rotatable bonds is 3. The van der Waals surface area contributed by atoms with Crippen LogP contribution in [0.5, 0.6) is 0 Å². The maximum Gasteiger partial charge on any atom is 0.407 e. The van der Waals surface area contributed by atoms with Crippen LogP contribution in [0, 0.1) is 0 Å². The van der Waals surface area contributed by atoms with Crippen molar-refractivity contribution in [2.24, 2.45) is 0 Å². The summed E-state index contributed by atoms with van der Waals surface area (Å²) < 4.78 is 5.68. The third kappa shape index (κ3) is 5.83. The van der Waals surface area contributed by atoms with Crippen LogP contribution in [0.2, 0.25) is 0 Å². The lowest BCUT2D eigenvalue weighted by molar-refractivity contribution is 0.0523. The maximum atomic E-state index is 11.5. The lowest BCUT2D eigenvalue weighted by Crippen LogP contribution is -2.32. The van der Waals surface area contributed by atoms with E-state index < -0.39 is 11.7 Å². The average Bonchev–Trinajstić information content (AvgIpc) is 2.23. The number of halogens is 1. The highest BCUT2D eigenvalue weighted by atomic mass is 79.9. The van der Waals surface area contributed by atoms with Crippen molar-refractivity contribution >= 4 is 27.8 Å². The van der Waals surface area contributed by atoms with Crippen molar-refractivity contribution in [3.8, 4) is 0 Å². The number of ether oxygens (including phenoxy) is 1. The summed E-state index contributed by atoms with van der Waals surface area (Å²) in [4.78, 5) is 26.8. The van der Waals surface area contributed by atoms with Crippen molar-refractivity contribution in [3.63, 3.8) is 0 Å². The molecule has 0 aliphatic rings. The van der Waals surface area contributed by atoms with E-state index in [9.17, 15) is 9.59 Å². The maximum absolute atomic E-state index is 11.5. The molecule has 5 nitrogen and oxygen atoms in total. The van der Waals surface area contributed by atoms with Crippen molar-refractivity contribution in [1.29, 1.82) is 0 Å². The predicted molar refractivity (Wildman–Crippen MR) is 75.0 cm³/mol. The van der Waals surface area contributed by atoms with Gasteiger partial charge in [-0.25, -0.2) is 9.78 Å². The van der Waals surface area contributed by atoms with Gasteiger partial charge in [0.05, 0.1) is 0 Å². The first-order valence-electron chi connectivity index (χ1n) is 5.81. The summed E-state index contributed by atoms with van der Waals surface area (Å²) in [6, 6.07) is 3.38. The summed E-state index contributed by atoms with van der Waals surface area (Å²) in [5, 5.41) is 2.63. The summed E-state index contributed by atoms with van der Waals surface area (Å²) in [5.41, 5.74) is 0.598. The van der Waals surface area contributed by atoms with E-state index in [4.69, 9.17) is 4.74 Å². The molecule has 0 unspecified atom stereocenters. The highest BCUT2D eigenvalue weighted by molar-refractivity contribution is 9.10. The zero-order valence-electron chi connectivity index (χ0n) is 11.4. The number of aromatic nitrogens is 1. The number of Topliss-reactive ketones (excluding diaryl/α,β-unsaturated/α-hetero) is 1. The summed E-state index contributed by atoms with van der Waals surface area (Å²) >= 11 is 3.23. The van der Waals surface area contributed by atoms with E-state index in [-0.39, 0.29) is 12.3 Å². The smallest absolute Gasteiger partial charge is 0.407 e. The summed E-state index contributed by atoms with van der Waals surface area (Å²) in [7, 11) is 0. The Kier molecular flexibility index (Phi) is 5.05. The summed E-state index contributed by atoms with van der Waals surface area (Å²) in [5.74, 6) is -0.125. The van der Waals surface area contributed by atoms with Gasteiger partial charge in [-0.1, -0.05) is 0 Å². The van der Waals surface area contributed by atoms with Crippen molar-refractivity contribution in [2.45, 2.75) is 39.8 Å². The Morgan fingerprint density at radius 1 is 1.37 bits per heavy atom. The number of nitrogens with one attached hydrogen (secondary N) is 1. The number of carbonyl (C=O) groups is 2. The van der Waals surface area contributed by atoms with Gasteiger partial charge in [-0.2, -0.15) is 0 Å². The molecular formula is C13H17BrN2O3. The second-order valence-electron chi connectivity index (χ2n) is 5.09. The van der Waals surface area contributed by atoms with Gasteiger partial charge in [0.25, 0.3) is 0 Å². The Hall–Kier alpha value is -1.43. The molecule has 0 bridgehead atoms. The van der Waals surface area contributed by atoms with E-state index in [1.54, 1.807) is 32.9 Å². The molecule has 0 aromatic carbocycles. The molecule has 0 aliphatic heterocycles. The fraction of sp³-hybridized carbons (Fsp3) is 0.462. The van der Waals surface area contributed by atoms with Crippen LogP contribution in [-0.2, 0) is 11.3 Å². The van der Waals surface area contributed by atoms with Gasteiger partial charge in [-0.05, 0) is 54.4 Å². The molecule has 0 fully saturated rings. The molecule has 1 amide bonds. The fourth-order valence-corrected chi connectivity index (χ4v) is 1.81. The molecule has 6 heteroatoms. The number of hydrogen-bond donors (Lipinski definition) is 1. The minimum atomic E-state index is -0.534. The zero-order valence-corrected chi connectivity index (χ0v) is 13.0. The highest BCUT2D eigenvalue weighted by Crippen LogP contribution is 2.13. The molecule has 104 valence electrons. The van der Waals surface area contributed by atoms with E-state index in [1.807, 2.05) is 0 Å². The van der Waals surface area contributed by atoms with Crippen LogP contribution in [0.25, 0.3) is 0 Å². The molecule has 1 aromatic heterocycles. The third-order valence-electron chi connectivity index (χ3n) is 2.05. The molecule has 0 atom stereocenters. The second-order valence-corrected chi connectivity index (χ2v) is 5.91. The SMILES string of the molecule is CC(=O)c1cc(CNC(=O)OC(C)(C)C)cc(Br)n1. The van der Waals surface area contributed by atoms with E-state index in [0.717, 1.165) is 5.56 Å². The molecule has 0 spiro atoms. The average molecular weight is 329 g/mol. The van der Waals surface area contributed by atoms with Gasteiger partial charge in [0, 0.05) is 13.5 Å². The summed E-state index contributed by atoms with van der Waals surface area (Å²) in [6.07, 6.45) is -0.496. The number of nitrogens with zero attached hydrogens (tertiary/aromatic N) is 1. The standard InChI is InChI=1S/C13H17BrN2O3/c1-8(17)10-5-9(6-11(14)16-10)7-15-12(18)19-13(2,3)4/h5-6H,7H2,1-4H3,(H,15,18). The number of amides is 1. The highest BCUT2D eigenvalue weighted by Gasteiger charge is 2.16. The van der Waals surface area contributed by atoms with Gasteiger partial charge in [0.2, 0.25) is 0 Å². The Morgan fingerprint density at radius 3 is 2.53 bits per heavy atom. The van der Waals surface area contributed by atoms with Crippen LogP contribution in [0.15, 0.2) is 16.7 Å². The van der Waals surface area contributed by atoms with E-state index >= 15 is 0 Å². The van der Waals surface area contributed by atoms with Crippen LogP contribution >= 0.6 is 15.9 Å². The molecule has 0 saturated heterocycles. The van der Waals surface area contributed by atoms with Crippen LogP contribution < -0.4 is 5.32 Å². The van der Waals surface area contributed by atoms with Crippen LogP contribution in [0.1, 0.15) is 43.7 Å². The first-order chi connectivity index (χ1) is 8.67. The van der Waals surface area contributed by atoms with Gasteiger partial charge < -0.3 is 10.1 Å². The normalized spacial score (nSPS) is 11.0. The number of ketones is 1. The fourth-order valence-electron chi connectivity index (χ4n) is 1.32. The van der Waals surface area contributed by atoms with Gasteiger partial charge in [-0.15, -0.1) is 0 Å². The molecule has 0 saturated carbocycles. The molecule has 0 radical (unpaired) electrons. The first-order valence-corrected chi connectivity index (χ1v) is 6.61. The second kappa shape index (κ2) is 6.14. The minimum Gasteiger partial charge on any atom is -0.444 e. The number of pyridine rings is 1. The molecule has 1 aromatic rings. The lowest BCUT2D eigenvalue weighted by atomic mass is 10.2. The minimum absolute atomic E-state index is 0.125. The largest absolute Gasteiger partial charge is 0.444 e. The van der Waals surface area contributed by atoms with Gasteiger partial charge in [-0.3, -0.25) is 4.79 Å². The molecule has 1 rings (SSSR count). The Bertz CT molecular complexity index is 495. The lowest BCUT2D eigenvalue weighted by Gasteiger charge is -2.19. The number of alkyl carbamates (subject to hydrolysis) is 1. The monoisotopic (exact) mass is 328 g/mol.